The van der Waals surface area contributed by atoms with Crippen LogP contribution in [0.4, 0.5) is 4.39 Å². The van der Waals surface area contributed by atoms with E-state index in [9.17, 15) is 19.4 Å². The monoisotopic (exact) mass is 245 g/mol. The Morgan fingerprint density at radius 1 is 1.56 bits per heavy atom. The van der Waals surface area contributed by atoms with E-state index in [0.29, 0.717) is 5.75 Å². The molecule has 4 nitrogen and oxygen atoms in total. The number of thiol groups is 1. The Morgan fingerprint density at radius 3 is 2.81 bits per heavy atom. The number of pyridine rings is 1. The van der Waals surface area contributed by atoms with Gasteiger partial charge in [0.2, 0.25) is 5.95 Å². The molecular weight excluding hydrogens is 233 g/mol. The van der Waals surface area contributed by atoms with Gasteiger partial charge < -0.3 is 10.2 Å². The van der Waals surface area contributed by atoms with Gasteiger partial charge >= 0.3 is 0 Å². The van der Waals surface area contributed by atoms with Crippen molar-refractivity contribution >= 4 is 18.9 Å². The molecule has 0 aliphatic rings. The van der Waals surface area contributed by atoms with Crippen molar-refractivity contribution in [2.75, 3.05) is 5.75 Å². The van der Waals surface area contributed by atoms with Crippen LogP contribution in [-0.4, -0.2) is 33.3 Å². The summed E-state index contributed by atoms with van der Waals surface area (Å²) in [5.41, 5.74) is -0.287. The Kier molecular flexibility index (Phi) is 4.85. The van der Waals surface area contributed by atoms with Crippen LogP contribution in [0.5, 0.6) is 0 Å². The van der Waals surface area contributed by atoms with Crippen molar-refractivity contribution in [1.29, 1.82) is 0 Å². The van der Waals surface area contributed by atoms with Crippen molar-refractivity contribution in [2.45, 2.75) is 18.6 Å². The van der Waals surface area contributed by atoms with Crippen LogP contribution in [0.2, 0.25) is 0 Å². The molecule has 2 unspecified atom stereocenters. The highest BCUT2D eigenvalue weighted by Crippen LogP contribution is 2.22. The fourth-order valence-electron chi connectivity index (χ4n) is 1.33. The van der Waals surface area contributed by atoms with Crippen LogP contribution in [0.15, 0.2) is 12.3 Å². The molecule has 2 N–H and O–H groups in total. The van der Waals surface area contributed by atoms with E-state index in [2.05, 4.69) is 17.6 Å². The minimum atomic E-state index is -1.31. The van der Waals surface area contributed by atoms with Crippen molar-refractivity contribution in [3.8, 4) is 0 Å². The number of hydrogen-bond acceptors (Lipinski definition) is 5. The summed E-state index contributed by atoms with van der Waals surface area (Å²) in [4.78, 5) is 13.9. The maximum absolute atomic E-state index is 13.1. The van der Waals surface area contributed by atoms with Crippen LogP contribution < -0.4 is 0 Å². The minimum Gasteiger partial charge on any atom is -0.390 e. The summed E-state index contributed by atoms with van der Waals surface area (Å²) in [5.74, 6) is -0.577. The first-order valence-corrected chi connectivity index (χ1v) is 5.31. The summed E-state index contributed by atoms with van der Waals surface area (Å²) in [6, 6.07) is 1.30. The maximum Gasteiger partial charge on any atom is 0.223 e. The molecule has 0 saturated carbocycles. The van der Waals surface area contributed by atoms with Crippen molar-refractivity contribution in [2.24, 2.45) is 0 Å². The van der Waals surface area contributed by atoms with Crippen LogP contribution in [-0.2, 0) is 0 Å². The highest BCUT2D eigenvalue weighted by atomic mass is 32.1. The van der Waals surface area contributed by atoms with Crippen LogP contribution >= 0.6 is 12.6 Å². The van der Waals surface area contributed by atoms with Gasteiger partial charge in [0.15, 0.2) is 6.29 Å². The quantitative estimate of drug-likeness (QED) is 0.406. The lowest BCUT2D eigenvalue weighted by Gasteiger charge is -2.18. The molecule has 0 bridgehead atoms. The molecule has 0 radical (unpaired) electrons. The van der Waals surface area contributed by atoms with Gasteiger partial charge in [-0.3, -0.25) is 4.79 Å². The van der Waals surface area contributed by atoms with Gasteiger partial charge in [0.1, 0.15) is 6.10 Å². The van der Waals surface area contributed by atoms with E-state index >= 15 is 0 Å². The Bertz CT molecular complexity index is 375. The number of aliphatic hydroxyl groups is 2. The number of aliphatic hydroxyl groups excluding tert-OH is 2. The number of hydrogen-bond donors (Lipinski definition) is 3. The van der Waals surface area contributed by atoms with Gasteiger partial charge in [-0.1, -0.05) is 0 Å². The molecule has 6 heteroatoms. The number of carbonyl (C=O) groups excluding carboxylic acids is 1. The SMILES string of the molecule is O=Cc1c(C(O)C(O)CCS)ccnc1F. The van der Waals surface area contributed by atoms with Gasteiger partial charge in [-0.2, -0.15) is 17.0 Å². The van der Waals surface area contributed by atoms with Crippen LogP contribution in [0.3, 0.4) is 0 Å². The third-order valence-corrected chi connectivity index (χ3v) is 2.46. The third kappa shape index (κ3) is 2.78. The van der Waals surface area contributed by atoms with Crippen molar-refractivity contribution in [1.82, 2.24) is 4.98 Å². The first-order chi connectivity index (χ1) is 7.61. The first-order valence-electron chi connectivity index (χ1n) is 4.68. The molecule has 0 amide bonds. The molecule has 88 valence electrons. The molecule has 0 saturated heterocycles. The fourth-order valence-corrected chi connectivity index (χ4v) is 1.60. The van der Waals surface area contributed by atoms with Crippen LogP contribution in [0, 0.1) is 5.95 Å². The van der Waals surface area contributed by atoms with E-state index in [1.807, 2.05) is 0 Å². The molecule has 0 aliphatic carbocycles. The van der Waals surface area contributed by atoms with Crippen molar-refractivity contribution < 1.29 is 19.4 Å². The Balaban J connectivity index is 3.03. The zero-order valence-electron chi connectivity index (χ0n) is 8.38. The highest BCUT2D eigenvalue weighted by molar-refractivity contribution is 7.80. The lowest BCUT2D eigenvalue weighted by atomic mass is 9.99. The average molecular weight is 245 g/mol. The highest BCUT2D eigenvalue weighted by Gasteiger charge is 2.22. The molecule has 1 aromatic rings. The Morgan fingerprint density at radius 2 is 2.25 bits per heavy atom. The molecule has 1 aromatic heterocycles. The molecule has 1 rings (SSSR count). The zero-order valence-corrected chi connectivity index (χ0v) is 9.27. The standard InChI is InChI=1S/C10H12FNO3S/c11-10-7(5-13)6(1-3-12-10)9(15)8(14)2-4-16/h1,3,5,8-9,14-16H,2,4H2. The molecule has 0 fully saturated rings. The van der Waals surface area contributed by atoms with Gasteiger partial charge in [0, 0.05) is 6.20 Å². The van der Waals surface area contributed by atoms with Crippen LogP contribution in [0.25, 0.3) is 0 Å². The Hall–Kier alpha value is -0.980. The average Bonchev–Trinajstić information content (AvgIpc) is 2.28. The molecule has 0 aromatic carbocycles. The molecule has 2 atom stereocenters. The van der Waals surface area contributed by atoms with Crippen molar-refractivity contribution in [3.63, 3.8) is 0 Å². The van der Waals surface area contributed by atoms with Crippen molar-refractivity contribution in [3.05, 3.63) is 29.3 Å². The zero-order chi connectivity index (χ0) is 12.1. The smallest absolute Gasteiger partial charge is 0.223 e. The van der Waals surface area contributed by atoms with Crippen LogP contribution in [0.1, 0.15) is 28.4 Å². The van der Waals surface area contributed by atoms with Gasteiger partial charge in [0.05, 0.1) is 11.7 Å². The number of aldehydes is 1. The van der Waals surface area contributed by atoms with E-state index in [-0.39, 0.29) is 23.8 Å². The van der Waals surface area contributed by atoms with E-state index in [1.165, 1.54) is 6.07 Å². The van der Waals surface area contributed by atoms with E-state index < -0.39 is 18.2 Å². The number of rotatable bonds is 5. The molecule has 0 spiro atoms. The lowest BCUT2D eigenvalue weighted by molar-refractivity contribution is 0.0166. The van der Waals surface area contributed by atoms with Gasteiger partial charge in [-0.25, -0.2) is 4.98 Å². The van der Waals surface area contributed by atoms with Gasteiger partial charge in [-0.15, -0.1) is 0 Å². The summed E-state index contributed by atoms with van der Waals surface area (Å²) in [7, 11) is 0. The largest absolute Gasteiger partial charge is 0.390 e. The number of nitrogens with zero attached hydrogens (tertiary/aromatic N) is 1. The molecule has 16 heavy (non-hydrogen) atoms. The predicted molar refractivity (Wildman–Crippen MR) is 59.0 cm³/mol. The minimum absolute atomic E-state index is 0.0387. The number of aromatic nitrogens is 1. The lowest BCUT2D eigenvalue weighted by Crippen LogP contribution is -2.20. The fraction of sp³-hybridized carbons (Fsp3) is 0.400. The summed E-state index contributed by atoms with van der Waals surface area (Å²) in [5, 5.41) is 19.2. The molecule has 1 heterocycles. The summed E-state index contributed by atoms with van der Waals surface area (Å²) < 4.78 is 13.1. The predicted octanol–water partition coefficient (Wildman–Crippen LogP) is 0.747. The summed E-state index contributed by atoms with van der Waals surface area (Å²) in [6.07, 6.45) is -0.752. The number of carbonyl (C=O) groups is 1. The second-order valence-electron chi connectivity index (χ2n) is 3.25. The molecule has 0 aliphatic heterocycles. The van der Waals surface area contributed by atoms with E-state index in [4.69, 9.17) is 0 Å². The Labute approximate surface area is 97.5 Å². The van der Waals surface area contributed by atoms with Gasteiger partial charge in [0.25, 0.3) is 0 Å². The first kappa shape index (κ1) is 13.1. The van der Waals surface area contributed by atoms with E-state index in [0.717, 1.165) is 6.20 Å². The van der Waals surface area contributed by atoms with Gasteiger partial charge in [-0.05, 0) is 23.8 Å². The molecular formula is C10H12FNO3S. The topological polar surface area (TPSA) is 70.4 Å². The van der Waals surface area contributed by atoms with E-state index in [1.54, 1.807) is 0 Å². The summed E-state index contributed by atoms with van der Waals surface area (Å²) >= 11 is 3.91. The summed E-state index contributed by atoms with van der Waals surface area (Å²) in [6.45, 7) is 0. The second kappa shape index (κ2) is 5.93. The third-order valence-electron chi connectivity index (χ3n) is 2.20. The normalized spacial score (nSPS) is 14.5. The number of halogens is 1. The maximum atomic E-state index is 13.1. The second-order valence-corrected chi connectivity index (χ2v) is 3.69.